The van der Waals surface area contributed by atoms with Gasteiger partial charge >= 0.3 is 0 Å². The fourth-order valence-electron chi connectivity index (χ4n) is 3.76. The van der Waals surface area contributed by atoms with Crippen LogP contribution in [0.2, 0.25) is 0 Å². The maximum absolute atomic E-state index is 12.3. The Bertz CT molecular complexity index is 622. The first-order valence-electron chi connectivity index (χ1n) is 9.31. The fraction of sp³-hybridized carbons (Fsp3) is 0.722. The first kappa shape index (κ1) is 17.9. The van der Waals surface area contributed by atoms with Gasteiger partial charge in [-0.2, -0.15) is 0 Å². The number of amides is 2. The standard InChI is InChI=1S/C18H28N4O3/c1-3-25-12-17(24)22-9-8-21-11-15(20-18(21)13(22)2)10-16(23)19-14-6-4-5-7-14/h11,13-14H,3-10,12H2,1-2H3,(H,19,23)/t13-/m1/s1. The minimum Gasteiger partial charge on any atom is -0.372 e. The van der Waals surface area contributed by atoms with Crippen LogP contribution in [0, 0.1) is 0 Å². The smallest absolute Gasteiger partial charge is 0.249 e. The number of nitrogens with one attached hydrogen (secondary N) is 1. The number of rotatable bonds is 6. The number of hydrogen-bond acceptors (Lipinski definition) is 4. The molecule has 2 amide bonds. The molecule has 7 heteroatoms. The summed E-state index contributed by atoms with van der Waals surface area (Å²) in [4.78, 5) is 30.9. The van der Waals surface area contributed by atoms with Gasteiger partial charge in [0.05, 0.1) is 18.2 Å². The van der Waals surface area contributed by atoms with Crippen molar-refractivity contribution >= 4 is 11.8 Å². The number of aromatic nitrogens is 2. The van der Waals surface area contributed by atoms with Gasteiger partial charge in [-0.25, -0.2) is 4.98 Å². The molecule has 0 unspecified atom stereocenters. The number of imidazole rings is 1. The quantitative estimate of drug-likeness (QED) is 0.844. The zero-order valence-electron chi connectivity index (χ0n) is 15.2. The van der Waals surface area contributed by atoms with Crippen molar-refractivity contribution in [3.8, 4) is 0 Å². The Morgan fingerprint density at radius 2 is 2.08 bits per heavy atom. The average molecular weight is 348 g/mol. The van der Waals surface area contributed by atoms with Crippen molar-refractivity contribution in [2.45, 2.75) is 64.6 Å². The highest BCUT2D eigenvalue weighted by Gasteiger charge is 2.30. The molecule has 0 saturated heterocycles. The lowest BCUT2D eigenvalue weighted by atomic mass is 10.2. The lowest BCUT2D eigenvalue weighted by molar-refractivity contribution is -0.139. The molecular weight excluding hydrogens is 320 g/mol. The lowest BCUT2D eigenvalue weighted by Gasteiger charge is -2.33. The molecule has 0 aromatic carbocycles. The van der Waals surface area contributed by atoms with Crippen LogP contribution in [0.1, 0.15) is 57.1 Å². The molecule has 2 aliphatic rings. The minimum atomic E-state index is -0.103. The first-order valence-corrected chi connectivity index (χ1v) is 9.31. The number of fused-ring (bicyclic) bond motifs is 1. The monoisotopic (exact) mass is 348 g/mol. The Morgan fingerprint density at radius 1 is 1.32 bits per heavy atom. The number of nitrogens with zero attached hydrogens (tertiary/aromatic N) is 3. The molecule has 2 heterocycles. The number of carbonyl (C=O) groups is 2. The summed E-state index contributed by atoms with van der Waals surface area (Å²) in [5.74, 6) is 0.878. The van der Waals surface area contributed by atoms with E-state index in [1.54, 1.807) is 4.90 Å². The van der Waals surface area contributed by atoms with Crippen LogP contribution in [0.4, 0.5) is 0 Å². The Kier molecular flexibility index (Phi) is 5.73. The SMILES string of the molecule is CCOCC(=O)N1CCn2cc(CC(=O)NC3CCCC3)nc2[C@H]1C. The van der Waals surface area contributed by atoms with Crippen molar-refractivity contribution in [3.63, 3.8) is 0 Å². The third kappa shape index (κ3) is 4.21. The molecule has 0 bridgehead atoms. The molecule has 1 aromatic rings. The Hall–Kier alpha value is -1.89. The van der Waals surface area contributed by atoms with Gasteiger partial charge in [0.2, 0.25) is 11.8 Å². The molecule has 138 valence electrons. The van der Waals surface area contributed by atoms with E-state index in [4.69, 9.17) is 4.74 Å². The summed E-state index contributed by atoms with van der Waals surface area (Å²) in [6.07, 6.45) is 6.82. The van der Waals surface area contributed by atoms with Crippen molar-refractivity contribution in [1.29, 1.82) is 0 Å². The molecule has 7 nitrogen and oxygen atoms in total. The van der Waals surface area contributed by atoms with Gasteiger partial charge in [-0.1, -0.05) is 12.8 Å². The summed E-state index contributed by atoms with van der Waals surface area (Å²) < 4.78 is 7.30. The predicted molar refractivity (Wildman–Crippen MR) is 93.0 cm³/mol. The van der Waals surface area contributed by atoms with Crippen LogP contribution < -0.4 is 5.32 Å². The van der Waals surface area contributed by atoms with Crippen molar-refractivity contribution in [3.05, 3.63) is 17.7 Å². The van der Waals surface area contributed by atoms with Crippen LogP contribution in [-0.4, -0.2) is 52.1 Å². The van der Waals surface area contributed by atoms with Crippen molar-refractivity contribution in [1.82, 2.24) is 19.8 Å². The molecule has 1 aliphatic heterocycles. The van der Waals surface area contributed by atoms with Crippen molar-refractivity contribution in [2.75, 3.05) is 19.8 Å². The van der Waals surface area contributed by atoms with Gasteiger partial charge in [0.25, 0.3) is 0 Å². The second-order valence-corrected chi connectivity index (χ2v) is 6.91. The topological polar surface area (TPSA) is 76.5 Å². The van der Waals surface area contributed by atoms with E-state index in [0.717, 1.165) is 24.4 Å². The Morgan fingerprint density at radius 3 is 2.80 bits per heavy atom. The van der Waals surface area contributed by atoms with E-state index >= 15 is 0 Å². The van der Waals surface area contributed by atoms with Gasteiger partial charge < -0.3 is 19.5 Å². The molecule has 1 aromatic heterocycles. The van der Waals surface area contributed by atoms with Crippen molar-refractivity contribution < 1.29 is 14.3 Å². The number of carbonyl (C=O) groups excluding carboxylic acids is 2. The first-order chi connectivity index (χ1) is 12.1. The van der Waals surface area contributed by atoms with Crippen LogP contribution in [0.5, 0.6) is 0 Å². The molecule has 1 fully saturated rings. The summed E-state index contributed by atoms with van der Waals surface area (Å²) in [5.41, 5.74) is 0.774. The third-order valence-corrected chi connectivity index (χ3v) is 5.09. The number of hydrogen-bond donors (Lipinski definition) is 1. The maximum atomic E-state index is 12.3. The van der Waals surface area contributed by atoms with E-state index in [0.29, 0.717) is 32.2 Å². The molecular formula is C18H28N4O3. The second kappa shape index (κ2) is 7.99. The van der Waals surface area contributed by atoms with Crippen LogP contribution in [-0.2, 0) is 27.3 Å². The highest BCUT2D eigenvalue weighted by atomic mass is 16.5. The molecule has 0 radical (unpaired) electrons. The van der Waals surface area contributed by atoms with Gasteiger partial charge in [-0.05, 0) is 26.7 Å². The molecule has 1 atom stereocenters. The fourth-order valence-corrected chi connectivity index (χ4v) is 3.76. The maximum Gasteiger partial charge on any atom is 0.249 e. The second-order valence-electron chi connectivity index (χ2n) is 6.91. The lowest BCUT2D eigenvalue weighted by Crippen LogP contribution is -2.42. The van der Waals surface area contributed by atoms with E-state index in [1.807, 2.05) is 20.0 Å². The van der Waals surface area contributed by atoms with Gasteiger partial charge in [0.15, 0.2) is 0 Å². The average Bonchev–Trinajstić information content (AvgIpc) is 3.22. The van der Waals surface area contributed by atoms with Crippen LogP contribution in [0.25, 0.3) is 0 Å². The highest BCUT2D eigenvalue weighted by Crippen LogP contribution is 2.25. The van der Waals surface area contributed by atoms with Crippen molar-refractivity contribution in [2.24, 2.45) is 0 Å². The largest absolute Gasteiger partial charge is 0.372 e. The van der Waals surface area contributed by atoms with E-state index in [9.17, 15) is 9.59 Å². The summed E-state index contributed by atoms with van der Waals surface area (Å²) in [6, 6.07) is 0.226. The van der Waals surface area contributed by atoms with E-state index in [-0.39, 0.29) is 24.5 Å². The van der Waals surface area contributed by atoms with Gasteiger partial charge in [-0.3, -0.25) is 9.59 Å². The minimum absolute atomic E-state index is 0.0101. The third-order valence-electron chi connectivity index (χ3n) is 5.09. The van der Waals surface area contributed by atoms with Gasteiger partial charge in [0.1, 0.15) is 12.4 Å². The van der Waals surface area contributed by atoms with Crippen LogP contribution in [0.15, 0.2) is 6.20 Å². The Balaban J connectivity index is 1.61. The summed E-state index contributed by atoms with van der Waals surface area (Å²) in [7, 11) is 0. The van der Waals surface area contributed by atoms with Gasteiger partial charge in [0, 0.05) is 31.9 Å². The summed E-state index contributed by atoms with van der Waals surface area (Å²) in [5, 5.41) is 3.10. The van der Waals surface area contributed by atoms with Crippen LogP contribution in [0.3, 0.4) is 0 Å². The van der Waals surface area contributed by atoms with Gasteiger partial charge in [-0.15, -0.1) is 0 Å². The predicted octanol–water partition coefficient (Wildman–Crippen LogP) is 1.42. The molecule has 0 spiro atoms. The number of ether oxygens (including phenoxy) is 1. The molecule has 25 heavy (non-hydrogen) atoms. The summed E-state index contributed by atoms with van der Waals surface area (Å²) >= 11 is 0. The Labute approximate surface area is 148 Å². The molecule has 1 N–H and O–H groups in total. The van der Waals surface area contributed by atoms with Crippen LogP contribution >= 0.6 is 0 Å². The van der Waals surface area contributed by atoms with E-state index < -0.39 is 0 Å². The molecule has 1 aliphatic carbocycles. The van der Waals surface area contributed by atoms with E-state index in [1.165, 1.54) is 12.8 Å². The zero-order chi connectivity index (χ0) is 17.8. The normalized spacial score (nSPS) is 20.6. The molecule has 1 saturated carbocycles. The zero-order valence-corrected chi connectivity index (χ0v) is 15.2. The highest BCUT2D eigenvalue weighted by molar-refractivity contribution is 5.79. The summed E-state index contributed by atoms with van der Waals surface area (Å²) in [6.45, 7) is 5.84. The van der Waals surface area contributed by atoms with E-state index in [2.05, 4.69) is 14.9 Å². The molecule has 3 rings (SSSR count).